The highest BCUT2D eigenvalue weighted by molar-refractivity contribution is 5.73. The molecule has 0 saturated carbocycles. The van der Waals surface area contributed by atoms with Crippen LogP contribution in [0.2, 0.25) is 0 Å². The molecule has 2 aliphatic heterocycles. The molecule has 2 heterocycles. The van der Waals surface area contributed by atoms with E-state index in [1.165, 1.54) is 27.8 Å². The van der Waals surface area contributed by atoms with Gasteiger partial charge in [0.1, 0.15) is 12.3 Å². The van der Waals surface area contributed by atoms with E-state index in [0.29, 0.717) is 36.4 Å². The largest absolute Gasteiger partial charge is 0.480 e. The quantitative estimate of drug-likeness (QED) is 0.0416. The van der Waals surface area contributed by atoms with Crippen LogP contribution < -0.4 is 11.5 Å². The van der Waals surface area contributed by atoms with E-state index in [9.17, 15) is 9.59 Å². The van der Waals surface area contributed by atoms with Crippen LogP contribution in [0.25, 0.3) is 0 Å². The maximum atomic E-state index is 10.4. The van der Waals surface area contributed by atoms with Crippen molar-refractivity contribution in [3.63, 3.8) is 0 Å². The first-order chi connectivity index (χ1) is 33.4. The Hall–Kier alpha value is -5.78. The number of hydrogen-bond donors (Lipinski definition) is 5. The number of nitrogens with two attached hydrogens (primary N) is 2. The second kappa shape index (κ2) is 34.5. The lowest BCUT2D eigenvalue weighted by molar-refractivity contribution is -0.138. The van der Waals surface area contributed by atoms with E-state index < -0.39 is 12.0 Å². The summed E-state index contributed by atoms with van der Waals surface area (Å²) in [7, 11) is 0. The molecule has 6 aromatic rings. The number of ether oxygens (including phenoxy) is 2. The van der Waals surface area contributed by atoms with Crippen molar-refractivity contribution in [2.45, 2.75) is 90.5 Å². The van der Waals surface area contributed by atoms with E-state index in [0.717, 1.165) is 57.2 Å². The molecule has 9 heteroatoms. The van der Waals surface area contributed by atoms with Crippen LogP contribution in [-0.2, 0) is 57.6 Å². The molecule has 2 aliphatic rings. The molecule has 0 aliphatic carbocycles. The number of carbonyl (C=O) groups excluding carboxylic acids is 1. The zero-order valence-electron chi connectivity index (χ0n) is 41.2. The van der Waals surface area contributed by atoms with Crippen molar-refractivity contribution in [2.24, 2.45) is 35.1 Å². The number of hydrogen-bond acceptors (Lipinski definition) is 8. The number of aliphatic hydroxyl groups is 2. The standard InChI is InChI=1S/2C11H14O.C10H14O.C10H12O.C9H11NO2.C9H13NO/c2*1-9(11-8-12-11)7-10-5-3-2-4-6-10;2*1-9(8-11)7-10-5-3-2-4-6-10;10-8(9(11)12)6-7-4-2-1-3-5-7;10-9(7-11)6-8-4-2-1-3-5-8/h2*2-6,9,11H,7-8H2,1H3;2-6,9,11H,7-8H2,1H3;2-6,8-9H,7H2,1H3;1-5,8H,6,10H2,(H,11,12);1-5,9,11H,6-7,10H2/t2*9-,11+;2*9-;8-;9-/m000000/s1. The highest BCUT2D eigenvalue weighted by Crippen LogP contribution is 2.24. The van der Waals surface area contributed by atoms with Crippen molar-refractivity contribution in [3.05, 3.63) is 215 Å². The lowest BCUT2D eigenvalue weighted by Gasteiger charge is -2.06. The number of carboxylic acid groups (broad SMARTS) is 1. The summed E-state index contributed by atoms with van der Waals surface area (Å²) < 4.78 is 10.5. The molecule has 0 aromatic heterocycles. The molecular formula is C60H78N2O7. The van der Waals surface area contributed by atoms with Crippen molar-refractivity contribution in [1.29, 1.82) is 0 Å². The van der Waals surface area contributed by atoms with Gasteiger partial charge in [-0.05, 0) is 89.7 Å². The number of epoxide rings is 2. The van der Waals surface area contributed by atoms with E-state index in [1.807, 2.05) is 123 Å². The molecule has 8 rings (SSSR count). The minimum absolute atomic E-state index is 0.0505. The van der Waals surface area contributed by atoms with E-state index in [4.69, 9.17) is 36.3 Å². The second-order valence-electron chi connectivity index (χ2n) is 18.1. The third-order valence-corrected chi connectivity index (χ3v) is 11.4. The zero-order chi connectivity index (χ0) is 50.1. The minimum Gasteiger partial charge on any atom is -0.480 e. The Kier molecular flexibility index (Phi) is 28.8. The van der Waals surface area contributed by atoms with Gasteiger partial charge in [0.25, 0.3) is 0 Å². The van der Waals surface area contributed by atoms with Gasteiger partial charge in [-0.15, -0.1) is 0 Å². The topological polar surface area (TPSA) is 172 Å². The van der Waals surface area contributed by atoms with Gasteiger partial charge in [0.15, 0.2) is 0 Å². The summed E-state index contributed by atoms with van der Waals surface area (Å²) >= 11 is 0. The molecule has 7 N–H and O–H groups in total. The molecular weight excluding hydrogens is 861 g/mol. The Balaban J connectivity index is 0.000000219. The van der Waals surface area contributed by atoms with Crippen LogP contribution in [0.5, 0.6) is 0 Å². The molecule has 0 spiro atoms. The van der Waals surface area contributed by atoms with Crippen molar-refractivity contribution in [3.8, 4) is 0 Å². The van der Waals surface area contributed by atoms with Crippen LogP contribution in [0.4, 0.5) is 0 Å². The van der Waals surface area contributed by atoms with Crippen molar-refractivity contribution < 1.29 is 34.4 Å². The fraction of sp³-hybridized carbons (Fsp3) is 0.367. The normalized spacial score (nSPS) is 16.5. The summed E-state index contributed by atoms with van der Waals surface area (Å²) in [5.41, 5.74) is 18.4. The van der Waals surface area contributed by atoms with Crippen molar-refractivity contribution >= 4 is 12.3 Å². The van der Waals surface area contributed by atoms with Crippen LogP contribution >= 0.6 is 0 Å². The Morgan fingerprint density at radius 1 is 0.493 bits per heavy atom. The molecule has 2 saturated heterocycles. The molecule has 69 heavy (non-hydrogen) atoms. The predicted molar refractivity (Wildman–Crippen MR) is 281 cm³/mol. The van der Waals surface area contributed by atoms with Gasteiger partial charge < -0.3 is 41.1 Å². The third-order valence-electron chi connectivity index (χ3n) is 11.4. The SMILES string of the molecule is C[C@@H](Cc1ccccc1)[C@H]1CO1.C[C@@H](Cc1ccccc1)[C@H]1CO1.C[C@H](C=O)Cc1ccccc1.C[C@H](CO)Cc1ccccc1.N[C@@H](Cc1ccccc1)C(=O)O.N[C@H](CO)Cc1ccccc1. The lowest BCUT2D eigenvalue weighted by atomic mass is 9.99. The van der Waals surface area contributed by atoms with Gasteiger partial charge in [-0.3, -0.25) is 4.79 Å². The third kappa shape index (κ3) is 27.7. The minimum atomic E-state index is -0.959. The smallest absolute Gasteiger partial charge is 0.320 e. The van der Waals surface area contributed by atoms with Crippen LogP contribution in [-0.4, -0.2) is 78.3 Å². The molecule has 370 valence electrons. The zero-order valence-corrected chi connectivity index (χ0v) is 41.2. The molecule has 0 bridgehead atoms. The summed E-state index contributed by atoms with van der Waals surface area (Å²) in [6.45, 7) is 10.7. The Morgan fingerprint density at radius 3 is 1.06 bits per heavy atom. The monoisotopic (exact) mass is 939 g/mol. The van der Waals surface area contributed by atoms with Crippen LogP contribution in [0.1, 0.15) is 61.1 Å². The molecule has 2 fully saturated rings. The molecule has 6 aromatic carbocycles. The average molecular weight is 939 g/mol. The Morgan fingerprint density at radius 2 is 0.783 bits per heavy atom. The fourth-order valence-electron chi connectivity index (χ4n) is 7.05. The summed E-state index contributed by atoms with van der Waals surface area (Å²) in [5, 5.41) is 26.0. The second-order valence-corrected chi connectivity index (χ2v) is 18.1. The van der Waals surface area contributed by atoms with Crippen LogP contribution in [0, 0.1) is 23.7 Å². The van der Waals surface area contributed by atoms with Crippen molar-refractivity contribution in [2.75, 3.05) is 26.4 Å². The Bertz CT molecular complexity index is 2060. The number of carboxylic acids is 1. The van der Waals surface area contributed by atoms with Gasteiger partial charge in [0.2, 0.25) is 0 Å². The number of benzene rings is 6. The number of carbonyl (C=O) groups is 2. The lowest BCUT2D eigenvalue weighted by Crippen LogP contribution is -2.32. The van der Waals surface area contributed by atoms with Crippen molar-refractivity contribution in [1.82, 2.24) is 0 Å². The van der Waals surface area contributed by atoms with E-state index >= 15 is 0 Å². The van der Waals surface area contributed by atoms with Crippen LogP contribution in [0.3, 0.4) is 0 Å². The van der Waals surface area contributed by atoms with E-state index in [1.54, 1.807) is 0 Å². The van der Waals surface area contributed by atoms with Crippen LogP contribution in [0.15, 0.2) is 182 Å². The first kappa shape index (κ1) is 57.5. The molecule has 8 atom stereocenters. The van der Waals surface area contributed by atoms with Gasteiger partial charge in [0.05, 0.1) is 32.0 Å². The Labute approximate surface area is 412 Å². The van der Waals surface area contributed by atoms with E-state index in [-0.39, 0.29) is 25.2 Å². The maximum absolute atomic E-state index is 10.4. The number of aliphatic hydroxyl groups excluding tert-OH is 2. The number of rotatable bonds is 18. The molecule has 0 amide bonds. The van der Waals surface area contributed by atoms with Gasteiger partial charge in [-0.2, -0.15) is 0 Å². The van der Waals surface area contributed by atoms with Gasteiger partial charge in [0, 0.05) is 18.6 Å². The average Bonchev–Trinajstić information content (AvgIpc) is 4.32. The summed E-state index contributed by atoms with van der Waals surface area (Å²) in [5.74, 6) is 0.897. The summed E-state index contributed by atoms with van der Waals surface area (Å²) in [6.07, 6.45) is 7.30. The van der Waals surface area contributed by atoms with Gasteiger partial charge >= 0.3 is 5.97 Å². The highest BCUT2D eigenvalue weighted by atomic mass is 16.6. The molecule has 0 radical (unpaired) electrons. The summed E-state index contributed by atoms with van der Waals surface area (Å²) in [6, 6.07) is 59.8. The molecule has 9 nitrogen and oxygen atoms in total. The molecule has 0 unspecified atom stereocenters. The predicted octanol–water partition coefficient (Wildman–Crippen LogP) is 9.64. The van der Waals surface area contributed by atoms with E-state index in [2.05, 4.69) is 86.6 Å². The fourth-order valence-corrected chi connectivity index (χ4v) is 7.05. The first-order valence-corrected chi connectivity index (χ1v) is 24.3. The first-order valence-electron chi connectivity index (χ1n) is 24.3. The number of aliphatic carboxylic acids is 1. The van der Waals surface area contributed by atoms with Gasteiger partial charge in [-0.25, -0.2) is 0 Å². The summed E-state index contributed by atoms with van der Waals surface area (Å²) in [4.78, 5) is 20.7. The van der Waals surface area contributed by atoms with Gasteiger partial charge in [-0.1, -0.05) is 210 Å². The maximum Gasteiger partial charge on any atom is 0.320 e. The highest BCUT2D eigenvalue weighted by Gasteiger charge is 2.29. The number of aldehydes is 1.